The number of benzene rings is 1. The molecule has 1 saturated heterocycles. The van der Waals surface area contributed by atoms with Crippen LogP contribution in [0.2, 0.25) is 0 Å². The molecule has 1 aliphatic carbocycles. The van der Waals surface area contributed by atoms with Crippen LogP contribution >= 0.6 is 0 Å². The Labute approximate surface area is 284 Å². The quantitative estimate of drug-likeness (QED) is 0.356. The van der Waals surface area contributed by atoms with Crippen LogP contribution in [0.1, 0.15) is 56.8 Å². The van der Waals surface area contributed by atoms with Gasteiger partial charge in [-0.25, -0.2) is 9.78 Å². The average Bonchev–Trinajstić information content (AvgIpc) is 3.58. The first kappa shape index (κ1) is 36.0. The van der Waals surface area contributed by atoms with E-state index in [1.165, 1.54) is 31.3 Å². The number of hydrogen-bond donors (Lipinski definition) is 3. The molecule has 0 spiro atoms. The first-order valence-corrected chi connectivity index (χ1v) is 16.6. The number of piperazine rings is 1. The van der Waals surface area contributed by atoms with Crippen molar-refractivity contribution in [1.82, 2.24) is 25.1 Å². The molecule has 5 rings (SSSR count). The van der Waals surface area contributed by atoms with E-state index in [4.69, 9.17) is 9.47 Å². The van der Waals surface area contributed by atoms with Crippen molar-refractivity contribution in [3.63, 3.8) is 0 Å². The molecule has 1 aromatic heterocycles. The highest BCUT2D eigenvalue weighted by Crippen LogP contribution is 2.40. The molecule has 14 nitrogen and oxygen atoms in total. The molecule has 1 unspecified atom stereocenters. The van der Waals surface area contributed by atoms with E-state index in [9.17, 15) is 28.3 Å². The van der Waals surface area contributed by atoms with Crippen LogP contribution in [0.3, 0.4) is 0 Å². The summed E-state index contributed by atoms with van der Waals surface area (Å²) >= 11 is 0. The summed E-state index contributed by atoms with van der Waals surface area (Å²) in [6, 6.07) is 4.54. The first-order valence-electron chi connectivity index (χ1n) is 16.6. The molecule has 1 aromatic carbocycles. The molecular formula is C33H46F2N8O6. The third-order valence-electron chi connectivity index (χ3n) is 8.84. The Bertz CT molecular complexity index is 1520. The van der Waals surface area contributed by atoms with Gasteiger partial charge < -0.3 is 39.9 Å². The van der Waals surface area contributed by atoms with E-state index in [0.717, 1.165) is 30.6 Å². The van der Waals surface area contributed by atoms with E-state index in [1.807, 2.05) is 25.7 Å². The molecule has 3 aliphatic rings. The summed E-state index contributed by atoms with van der Waals surface area (Å²) in [4.78, 5) is 52.9. The Kier molecular flexibility index (Phi) is 10.8. The number of nitrogens with zero attached hydrogens (tertiary/aromatic N) is 6. The maximum absolute atomic E-state index is 14.9. The standard InChI is InChI=1S/C33H46F2N8O6/c1-32(2,3)49-31(47)42-14-12-41(13-15-42)19-23(44)17-36-28(45)21-10-11-24(26(16-21)48-5)38-30-37-18-25-27(39-30)43(22-8-6-7-9-22)20-33(34,35)29(46)40(25)4/h10-11,16,18,22-23,44H,6-9,12-15,17,19-20H2,1-5H3,(H,36,45)(H,37,38,39). The van der Waals surface area contributed by atoms with Crippen LogP contribution in [-0.2, 0) is 9.53 Å². The number of ether oxygens (including phenoxy) is 2. The highest BCUT2D eigenvalue weighted by Gasteiger charge is 2.48. The summed E-state index contributed by atoms with van der Waals surface area (Å²) in [7, 11) is 2.74. The summed E-state index contributed by atoms with van der Waals surface area (Å²) in [5, 5.41) is 16.4. The molecule has 2 aliphatic heterocycles. The first-order chi connectivity index (χ1) is 23.1. The molecular weight excluding hydrogens is 642 g/mol. The van der Waals surface area contributed by atoms with Gasteiger partial charge in [-0.15, -0.1) is 0 Å². The smallest absolute Gasteiger partial charge is 0.410 e. The number of rotatable bonds is 9. The Morgan fingerprint density at radius 2 is 1.84 bits per heavy atom. The predicted octanol–water partition coefficient (Wildman–Crippen LogP) is 3.23. The van der Waals surface area contributed by atoms with Crippen LogP contribution in [0.25, 0.3) is 0 Å². The third-order valence-corrected chi connectivity index (χ3v) is 8.84. The number of alkyl halides is 2. The van der Waals surface area contributed by atoms with Crippen LogP contribution in [0.4, 0.5) is 36.7 Å². The molecule has 0 bridgehead atoms. The van der Waals surface area contributed by atoms with Gasteiger partial charge in [0, 0.05) is 57.9 Å². The summed E-state index contributed by atoms with van der Waals surface area (Å²) in [5.41, 5.74) is 0.351. The Hall–Kier alpha value is -4.31. The lowest BCUT2D eigenvalue weighted by atomic mass is 10.1. The number of β-amino-alcohol motifs (C(OH)–C–C–N with tert-alkyl or cyclic N) is 1. The maximum atomic E-state index is 14.9. The zero-order valence-corrected chi connectivity index (χ0v) is 28.7. The van der Waals surface area contributed by atoms with Gasteiger partial charge in [0.25, 0.3) is 11.8 Å². The molecule has 3 heterocycles. The number of methoxy groups -OCH3 is 1. The van der Waals surface area contributed by atoms with Crippen molar-refractivity contribution in [1.29, 1.82) is 0 Å². The van der Waals surface area contributed by atoms with E-state index >= 15 is 0 Å². The Balaban J connectivity index is 1.19. The fourth-order valence-corrected chi connectivity index (χ4v) is 6.27. The highest BCUT2D eigenvalue weighted by molar-refractivity contribution is 6.02. The fourth-order valence-electron chi connectivity index (χ4n) is 6.27. The summed E-state index contributed by atoms with van der Waals surface area (Å²) in [6.07, 6.45) is 3.43. The van der Waals surface area contributed by atoms with Crippen molar-refractivity contribution < 1.29 is 37.7 Å². The zero-order chi connectivity index (χ0) is 35.5. The van der Waals surface area contributed by atoms with Crippen LogP contribution in [0.5, 0.6) is 5.75 Å². The van der Waals surface area contributed by atoms with Crippen molar-refractivity contribution in [2.75, 3.05) is 75.1 Å². The minimum Gasteiger partial charge on any atom is -0.495 e. The maximum Gasteiger partial charge on any atom is 0.410 e. The number of aliphatic hydroxyl groups excluding tert-OH is 1. The number of amides is 3. The Morgan fingerprint density at radius 3 is 2.49 bits per heavy atom. The lowest BCUT2D eigenvalue weighted by Gasteiger charge is -2.36. The Morgan fingerprint density at radius 1 is 1.14 bits per heavy atom. The van der Waals surface area contributed by atoms with Crippen molar-refractivity contribution >= 4 is 41.0 Å². The monoisotopic (exact) mass is 688 g/mol. The molecule has 3 N–H and O–H groups in total. The van der Waals surface area contributed by atoms with Gasteiger partial charge >= 0.3 is 12.0 Å². The second-order valence-corrected chi connectivity index (χ2v) is 13.7. The van der Waals surface area contributed by atoms with E-state index in [0.29, 0.717) is 44.2 Å². The van der Waals surface area contributed by atoms with Crippen molar-refractivity contribution in [3.05, 3.63) is 30.0 Å². The minimum absolute atomic E-state index is 0.0177. The lowest BCUT2D eigenvalue weighted by molar-refractivity contribution is -0.140. The number of halogens is 2. The van der Waals surface area contributed by atoms with Crippen LogP contribution < -0.4 is 25.2 Å². The van der Waals surface area contributed by atoms with Gasteiger partial charge in [-0.05, 0) is 51.8 Å². The molecule has 268 valence electrons. The summed E-state index contributed by atoms with van der Waals surface area (Å²) in [6.45, 7) is 7.16. The van der Waals surface area contributed by atoms with Gasteiger partial charge in [0.05, 0.1) is 31.6 Å². The predicted molar refractivity (Wildman–Crippen MR) is 179 cm³/mol. The van der Waals surface area contributed by atoms with Crippen molar-refractivity contribution in [2.45, 2.75) is 70.1 Å². The number of nitrogens with one attached hydrogen (secondary N) is 2. The molecule has 3 amide bonds. The van der Waals surface area contributed by atoms with E-state index in [1.54, 1.807) is 17.0 Å². The van der Waals surface area contributed by atoms with Crippen LogP contribution in [-0.4, -0.2) is 126 Å². The topological polar surface area (TPSA) is 153 Å². The van der Waals surface area contributed by atoms with Gasteiger partial charge in [0.2, 0.25) is 5.95 Å². The van der Waals surface area contributed by atoms with Gasteiger partial charge in [0.1, 0.15) is 17.0 Å². The van der Waals surface area contributed by atoms with Crippen LogP contribution in [0, 0.1) is 0 Å². The summed E-state index contributed by atoms with van der Waals surface area (Å²) < 4.78 is 40.8. The molecule has 49 heavy (non-hydrogen) atoms. The van der Waals surface area contributed by atoms with Crippen molar-refractivity contribution in [2.24, 2.45) is 0 Å². The lowest BCUT2D eigenvalue weighted by Crippen LogP contribution is -2.52. The molecule has 2 aromatic rings. The second-order valence-electron chi connectivity index (χ2n) is 13.7. The molecule has 1 saturated carbocycles. The molecule has 2 fully saturated rings. The highest BCUT2D eigenvalue weighted by atomic mass is 19.3. The fraction of sp³-hybridized carbons (Fsp3) is 0.606. The van der Waals surface area contributed by atoms with E-state index in [-0.39, 0.29) is 41.7 Å². The summed E-state index contributed by atoms with van der Waals surface area (Å²) in [5.74, 6) is -4.64. The van der Waals surface area contributed by atoms with Gasteiger partial charge in [0.15, 0.2) is 5.82 Å². The average molecular weight is 689 g/mol. The van der Waals surface area contributed by atoms with E-state index < -0.39 is 36.0 Å². The molecule has 16 heteroatoms. The van der Waals surface area contributed by atoms with Crippen molar-refractivity contribution in [3.8, 4) is 5.75 Å². The number of aromatic nitrogens is 2. The number of fused-ring (bicyclic) bond motifs is 1. The van der Waals surface area contributed by atoms with Gasteiger partial charge in [-0.2, -0.15) is 13.8 Å². The normalized spacial score (nSPS) is 19.3. The number of carbonyl (C=O) groups excluding carboxylic acids is 3. The minimum atomic E-state index is -3.58. The number of aliphatic hydroxyl groups is 1. The van der Waals surface area contributed by atoms with E-state index in [2.05, 4.69) is 20.6 Å². The third kappa shape index (κ3) is 8.65. The molecule has 1 atom stereocenters. The van der Waals surface area contributed by atoms with Gasteiger partial charge in [-0.1, -0.05) is 12.8 Å². The molecule has 0 radical (unpaired) electrons. The number of carbonyl (C=O) groups is 3. The number of hydrogen-bond acceptors (Lipinski definition) is 11. The SMILES string of the molecule is COc1cc(C(=O)NCC(O)CN2CCN(C(=O)OC(C)(C)C)CC2)ccc1Nc1ncc2c(n1)N(C1CCCC1)CC(F)(F)C(=O)N2C. The number of anilines is 4. The largest absolute Gasteiger partial charge is 0.495 e. The van der Waals surface area contributed by atoms with Crippen LogP contribution in [0.15, 0.2) is 24.4 Å². The zero-order valence-electron chi connectivity index (χ0n) is 28.7. The van der Waals surface area contributed by atoms with Gasteiger partial charge in [-0.3, -0.25) is 14.5 Å². The second kappa shape index (κ2) is 14.7.